The van der Waals surface area contributed by atoms with Gasteiger partial charge in [0.05, 0.1) is 12.7 Å². The summed E-state index contributed by atoms with van der Waals surface area (Å²) in [5.74, 6) is 0. The summed E-state index contributed by atoms with van der Waals surface area (Å²) in [5, 5.41) is 12.9. The van der Waals surface area contributed by atoms with E-state index in [4.69, 9.17) is 4.74 Å². The molecule has 0 bridgehead atoms. The number of nitrogens with one attached hydrogen (secondary N) is 1. The van der Waals surface area contributed by atoms with Gasteiger partial charge in [0.25, 0.3) is 0 Å². The number of ether oxygens (including phenoxy) is 1. The Balaban J connectivity index is 1.98. The van der Waals surface area contributed by atoms with Gasteiger partial charge in [-0.1, -0.05) is 6.42 Å². The fourth-order valence-corrected chi connectivity index (χ4v) is 1.95. The van der Waals surface area contributed by atoms with Gasteiger partial charge in [-0.05, 0) is 25.9 Å². The summed E-state index contributed by atoms with van der Waals surface area (Å²) in [6.45, 7) is 5.29. The van der Waals surface area contributed by atoms with Crippen LogP contribution >= 0.6 is 0 Å². The summed E-state index contributed by atoms with van der Waals surface area (Å²) in [6, 6.07) is 0. The molecule has 0 aromatic carbocycles. The quantitative estimate of drug-likeness (QED) is 0.591. The van der Waals surface area contributed by atoms with Crippen molar-refractivity contribution in [1.82, 2.24) is 10.2 Å². The molecule has 1 fully saturated rings. The fourth-order valence-electron chi connectivity index (χ4n) is 1.95. The molecule has 1 rings (SSSR count). The third-order valence-electron chi connectivity index (χ3n) is 2.78. The van der Waals surface area contributed by atoms with E-state index in [1.54, 1.807) is 7.11 Å². The predicted molar refractivity (Wildman–Crippen MR) is 61.0 cm³/mol. The molecule has 1 aliphatic rings. The van der Waals surface area contributed by atoms with Crippen LogP contribution in [-0.4, -0.2) is 62.6 Å². The van der Waals surface area contributed by atoms with Crippen molar-refractivity contribution in [3.05, 3.63) is 0 Å². The molecule has 4 heteroatoms. The zero-order valence-electron chi connectivity index (χ0n) is 9.74. The second kappa shape index (κ2) is 8.05. The number of rotatable bonds is 7. The summed E-state index contributed by atoms with van der Waals surface area (Å²) >= 11 is 0. The molecule has 90 valence electrons. The highest BCUT2D eigenvalue weighted by Crippen LogP contribution is 2.08. The van der Waals surface area contributed by atoms with Crippen LogP contribution in [0.3, 0.4) is 0 Å². The van der Waals surface area contributed by atoms with Gasteiger partial charge in [0, 0.05) is 26.7 Å². The number of methoxy groups -OCH3 is 1. The zero-order chi connectivity index (χ0) is 10.9. The Morgan fingerprint density at radius 1 is 1.33 bits per heavy atom. The molecule has 2 N–H and O–H groups in total. The third-order valence-corrected chi connectivity index (χ3v) is 2.78. The molecule has 1 unspecified atom stereocenters. The molecule has 0 saturated carbocycles. The number of hydrogen-bond donors (Lipinski definition) is 2. The van der Waals surface area contributed by atoms with Crippen molar-refractivity contribution < 1.29 is 9.84 Å². The first-order chi connectivity index (χ1) is 7.33. The van der Waals surface area contributed by atoms with Gasteiger partial charge in [-0.2, -0.15) is 0 Å². The van der Waals surface area contributed by atoms with E-state index in [2.05, 4.69) is 10.2 Å². The number of hydrogen-bond acceptors (Lipinski definition) is 4. The van der Waals surface area contributed by atoms with Crippen molar-refractivity contribution in [2.24, 2.45) is 0 Å². The number of piperidine rings is 1. The van der Waals surface area contributed by atoms with E-state index in [9.17, 15) is 5.11 Å². The maximum Gasteiger partial charge on any atom is 0.0791 e. The maximum absolute atomic E-state index is 9.76. The largest absolute Gasteiger partial charge is 0.390 e. The molecule has 1 heterocycles. The lowest BCUT2D eigenvalue weighted by Crippen LogP contribution is -2.41. The lowest BCUT2D eigenvalue weighted by atomic mass is 10.1. The highest BCUT2D eigenvalue weighted by Gasteiger charge is 2.13. The molecule has 0 spiro atoms. The van der Waals surface area contributed by atoms with Gasteiger partial charge in [0.15, 0.2) is 0 Å². The fraction of sp³-hybridized carbons (Fsp3) is 1.00. The Morgan fingerprint density at radius 2 is 2.07 bits per heavy atom. The third kappa shape index (κ3) is 6.10. The van der Waals surface area contributed by atoms with Crippen LogP contribution in [0.25, 0.3) is 0 Å². The normalized spacial score (nSPS) is 20.4. The molecule has 0 aromatic heterocycles. The van der Waals surface area contributed by atoms with E-state index in [-0.39, 0.29) is 6.10 Å². The molecule has 15 heavy (non-hydrogen) atoms. The molecular weight excluding hydrogens is 192 g/mol. The van der Waals surface area contributed by atoms with Crippen molar-refractivity contribution in [2.75, 3.05) is 46.4 Å². The van der Waals surface area contributed by atoms with Gasteiger partial charge in [-0.15, -0.1) is 0 Å². The molecule has 4 nitrogen and oxygen atoms in total. The molecule has 1 aliphatic heterocycles. The van der Waals surface area contributed by atoms with E-state index >= 15 is 0 Å². The first-order valence-electron chi connectivity index (χ1n) is 5.93. The monoisotopic (exact) mass is 216 g/mol. The topological polar surface area (TPSA) is 44.7 Å². The van der Waals surface area contributed by atoms with Crippen molar-refractivity contribution in [3.63, 3.8) is 0 Å². The smallest absolute Gasteiger partial charge is 0.0791 e. The van der Waals surface area contributed by atoms with Gasteiger partial charge in [0.2, 0.25) is 0 Å². The van der Waals surface area contributed by atoms with Crippen LogP contribution in [0.4, 0.5) is 0 Å². The number of aliphatic hydroxyl groups excluding tert-OH is 1. The van der Waals surface area contributed by atoms with Gasteiger partial charge in [0.1, 0.15) is 0 Å². The Hall–Kier alpha value is -0.160. The number of likely N-dealkylation sites (tertiary alicyclic amines) is 1. The van der Waals surface area contributed by atoms with Crippen LogP contribution in [0.15, 0.2) is 0 Å². The molecule has 0 aliphatic carbocycles. The predicted octanol–water partition coefficient (Wildman–Crippen LogP) is 0.0692. The Bertz CT molecular complexity index is 150. The standard InChI is InChI=1S/C11H24N2O2/c1-15-8-5-12-9-11(14)10-13-6-3-2-4-7-13/h11-12,14H,2-10H2,1H3. The number of nitrogens with zero attached hydrogens (tertiary/aromatic N) is 1. The van der Waals surface area contributed by atoms with E-state index in [0.29, 0.717) is 13.2 Å². The zero-order valence-corrected chi connectivity index (χ0v) is 9.74. The van der Waals surface area contributed by atoms with Crippen LogP contribution in [0.2, 0.25) is 0 Å². The van der Waals surface area contributed by atoms with Crippen molar-refractivity contribution >= 4 is 0 Å². The SMILES string of the molecule is COCCNCC(O)CN1CCCCC1. The average Bonchev–Trinajstić information content (AvgIpc) is 2.26. The maximum atomic E-state index is 9.76. The number of aliphatic hydroxyl groups is 1. The van der Waals surface area contributed by atoms with Crippen molar-refractivity contribution in [2.45, 2.75) is 25.4 Å². The van der Waals surface area contributed by atoms with Crippen molar-refractivity contribution in [1.29, 1.82) is 0 Å². The molecule has 1 saturated heterocycles. The minimum absolute atomic E-state index is 0.250. The van der Waals surface area contributed by atoms with Crippen molar-refractivity contribution in [3.8, 4) is 0 Å². The van der Waals surface area contributed by atoms with Crippen LogP contribution < -0.4 is 5.32 Å². The molecular formula is C11H24N2O2. The van der Waals surface area contributed by atoms with E-state index < -0.39 is 0 Å². The lowest BCUT2D eigenvalue weighted by molar-refractivity contribution is 0.0979. The molecule has 1 atom stereocenters. The van der Waals surface area contributed by atoms with E-state index in [1.165, 1.54) is 19.3 Å². The minimum Gasteiger partial charge on any atom is -0.390 e. The van der Waals surface area contributed by atoms with Crippen LogP contribution in [0.1, 0.15) is 19.3 Å². The van der Waals surface area contributed by atoms with Gasteiger partial charge >= 0.3 is 0 Å². The molecule has 0 aromatic rings. The minimum atomic E-state index is -0.250. The Labute approximate surface area is 92.6 Å². The summed E-state index contributed by atoms with van der Waals surface area (Å²) in [4.78, 5) is 2.35. The molecule has 0 radical (unpaired) electrons. The van der Waals surface area contributed by atoms with Gasteiger partial charge in [-0.3, -0.25) is 0 Å². The van der Waals surface area contributed by atoms with Crippen LogP contribution in [-0.2, 0) is 4.74 Å². The lowest BCUT2D eigenvalue weighted by Gasteiger charge is -2.28. The summed E-state index contributed by atoms with van der Waals surface area (Å²) in [7, 11) is 1.69. The highest BCUT2D eigenvalue weighted by molar-refractivity contribution is 4.70. The van der Waals surface area contributed by atoms with E-state index in [1.807, 2.05) is 0 Å². The Kier molecular flexibility index (Phi) is 6.92. The highest BCUT2D eigenvalue weighted by atomic mass is 16.5. The second-order valence-corrected chi connectivity index (χ2v) is 4.21. The van der Waals surface area contributed by atoms with Gasteiger partial charge in [-0.25, -0.2) is 0 Å². The van der Waals surface area contributed by atoms with Crippen LogP contribution in [0.5, 0.6) is 0 Å². The summed E-state index contributed by atoms with van der Waals surface area (Å²) in [6.07, 6.45) is 3.66. The first-order valence-corrected chi connectivity index (χ1v) is 5.93. The summed E-state index contributed by atoms with van der Waals surface area (Å²) < 4.78 is 4.92. The van der Waals surface area contributed by atoms with Gasteiger partial charge < -0.3 is 20.1 Å². The molecule has 0 amide bonds. The van der Waals surface area contributed by atoms with Crippen LogP contribution in [0, 0.1) is 0 Å². The second-order valence-electron chi connectivity index (χ2n) is 4.21. The van der Waals surface area contributed by atoms with E-state index in [0.717, 1.165) is 26.2 Å². The summed E-state index contributed by atoms with van der Waals surface area (Å²) in [5.41, 5.74) is 0. The first kappa shape index (κ1) is 12.9. The Morgan fingerprint density at radius 3 is 2.73 bits per heavy atom. The average molecular weight is 216 g/mol. The number of β-amino-alcohol motifs (C(OH)–C–C–N with tert-alkyl or cyclic N) is 1.